The Labute approximate surface area is 275 Å². The molecule has 13 rings (SSSR count). The van der Waals surface area contributed by atoms with Crippen molar-refractivity contribution < 1.29 is 0 Å². The van der Waals surface area contributed by atoms with Crippen molar-refractivity contribution in [2.75, 3.05) is 0 Å². The summed E-state index contributed by atoms with van der Waals surface area (Å²) in [6.45, 7) is 0. The lowest BCUT2D eigenvalue weighted by molar-refractivity contribution is 0.857. The molecule has 0 amide bonds. The standard InChI is InChI=1S/C41H17N5O4/c1-44-40(49)34-20-14-22-28-18(38(47)45-26-8-4-2-6-24(26)42-36(22)45)12-10-16-17-11-13-19-29-23(37-43-25-7-3-5-9-27(25)46(37)39(19)48)15-21(35(34)41(44)50)33(31(17)29)32(20)30(16)28/h2-15H,1H3. The van der Waals surface area contributed by atoms with Crippen LogP contribution in [0.4, 0.5) is 0 Å². The molecule has 8 aromatic carbocycles. The first-order valence-electron chi connectivity index (χ1n) is 16.3. The molecule has 0 spiro atoms. The molecule has 9 nitrogen and oxygen atoms in total. The number of para-hydroxylation sites is 4. The van der Waals surface area contributed by atoms with Crippen molar-refractivity contribution in [3.8, 4) is 0 Å². The van der Waals surface area contributed by atoms with E-state index in [1.54, 1.807) is 8.80 Å². The molecule has 0 saturated carbocycles. The number of nitrogens with zero attached hydrogens (tertiary/aromatic N) is 5. The second-order valence-corrected chi connectivity index (χ2v) is 13.6. The third-order valence-corrected chi connectivity index (χ3v) is 11.4. The van der Waals surface area contributed by atoms with Gasteiger partial charge in [0.15, 0.2) is 0 Å². The molecule has 0 aliphatic rings. The van der Waals surface area contributed by atoms with Gasteiger partial charge < -0.3 is 0 Å². The Hall–Kier alpha value is -7.00. The molecule has 0 aliphatic heterocycles. The maximum absolute atomic E-state index is 14.3. The number of aromatic nitrogens is 5. The average Bonchev–Trinajstić information content (AvgIpc) is 3.80. The lowest BCUT2D eigenvalue weighted by atomic mass is 9.81. The van der Waals surface area contributed by atoms with Crippen molar-refractivity contribution in [1.29, 1.82) is 0 Å². The van der Waals surface area contributed by atoms with E-state index in [0.29, 0.717) is 65.7 Å². The molecule has 0 unspecified atom stereocenters. The molecule has 230 valence electrons. The molecule has 13 aromatic rings. The first-order chi connectivity index (χ1) is 24.4. The monoisotopic (exact) mass is 643 g/mol. The molecule has 0 aliphatic carbocycles. The van der Waals surface area contributed by atoms with E-state index in [4.69, 9.17) is 9.97 Å². The van der Waals surface area contributed by atoms with Crippen LogP contribution in [-0.4, -0.2) is 23.3 Å². The van der Waals surface area contributed by atoms with Crippen molar-refractivity contribution in [3.63, 3.8) is 0 Å². The zero-order valence-electron chi connectivity index (χ0n) is 26.0. The van der Waals surface area contributed by atoms with E-state index in [0.717, 1.165) is 53.9 Å². The van der Waals surface area contributed by atoms with Gasteiger partial charge in [-0.1, -0.05) is 36.4 Å². The predicted octanol–water partition coefficient (Wildman–Crippen LogP) is 6.48. The summed E-state index contributed by atoms with van der Waals surface area (Å²) in [5.41, 5.74) is 2.69. The van der Waals surface area contributed by atoms with Gasteiger partial charge in [-0.2, -0.15) is 0 Å². The largest absolute Gasteiger partial charge is 0.277 e. The molecule has 5 heterocycles. The maximum atomic E-state index is 14.3. The number of fused-ring (bicyclic) bond motifs is 12. The number of imidazole rings is 2. The molecule has 0 saturated heterocycles. The van der Waals surface area contributed by atoms with Crippen LogP contribution in [-0.2, 0) is 7.05 Å². The van der Waals surface area contributed by atoms with Gasteiger partial charge in [0.05, 0.1) is 32.8 Å². The van der Waals surface area contributed by atoms with Gasteiger partial charge in [0.1, 0.15) is 11.3 Å². The van der Waals surface area contributed by atoms with Crippen molar-refractivity contribution in [3.05, 3.63) is 126 Å². The number of hydrogen-bond donors (Lipinski definition) is 0. The quantitative estimate of drug-likeness (QED) is 0.138. The summed E-state index contributed by atoms with van der Waals surface area (Å²) in [5, 5.41) is 11.1. The van der Waals surface area contributed by atoms with Crippen LogP contribution in [0.5, 0.6) is 0 Å². The molecule has 0 radical (unpaired) electrons. The van der Waals surface area contributed by atoms with Crippen molar-refractivity contribution in [1.82, 2.24) is 23.3 Å². The molecular weight excluding hydrogens is 626 g/mol. The average molecular weight is 644 g/mol. The summed E-state index contributed by atoms with van der Waals surface area (Å²) < 4.78 is 4.48. The summed E-state index contributed by atoms with van der Waals surface area (Å²) in [6.07, 6.45) is 0. The molecule has 0 N–H and O–H groups in total. The van der Waals surface area contributed by atoms with E-state index in [2.05, 4.69) is 0 Å². The van der Waals surface area contributed by atoms with Crippen molar-refractivity contribution >= 4 is 120 Å². The van der Waals surface area contributed by atoms with Crippen molar-refractivity contribution in [2.45, 2.75) is 0 Å². The van der Waals surface area contributed by atoms with Crippen LogP contribution in [0.1, 0.15) is 0 Å². The van der Waals surface area contributed by atoms with E-state index in [9.17, 15) is 19.2 Å². The van der Waals surface area contributed by atoms with Crippen LogP contribution in [0.25, 0.3) is 120 Å². The molecule has 0 fully saturated rings. The Morgan fingerprint density at radius 2 is 0.800 bits per heavy atom. The van der Waals surface area contributed by atoms with E-state index >= 15 is 0 Å². The fourth-order valence-corrected chi connectivity index (χ4v) is 9.41. The molecule has 9 heteroatoms. The van der Waals surface area contributed by atoms with E-state index in [1.807, 2.05) is 84.9 Å². The Morgan fingerprint density at radius 3 is 1.26 bits per heavy atom. The number of benzene rings is 8. The minimum atomic E-state index is -0.382. The summed E-state index contributed by atoms with van der Waals surface area (Å²) >= 11 is 0. The highest BCUT2D eigenvalue weighted by molar-refractivity contribution is 6.49. The molecule has 0 atom stereocenters. The molecule has 5 aromatic heterocycles. The molecule has 50 heavy (non-hydrogen) atoms. The van der Waals surface area contributed by atoms with Gasteiger partial charge in [-0.05, 0) is 91.6 Å². The minimum absolute atomic E-state index is 0.170. The normalized spacial score (nSPS) is 13.2. The predicted molar refractivity (Wildman–Crippen MR) is 199 cm³/mol. The highest BCUT2D eigenvalue weighted by Crippen LogP contribution is 2.51. The summed E-state index contributed by atoms with van der Waals surface area (Å²) in [5.74, 6) is 0. The highest BCUT2D eigenvalue weighted by Gasteiger charge is 2.29. The SMILES string of the molecule is Cn1c(=O)c2c3cc4c5c(ccc6c7ccc8c(=O)n9c%10ccccc%10nc9c9cc(c2c1=O)c(c7c89)c3c65)c(=O)n1c2ccccc2nc41. The van der Waals surface area contributed by atoms with Gasteiger partial charge in [0.2, 0.25) is 0 Å². The van der Waals surface area contributed by atoms with Crippen LogP contribution in [0.15, 0.2) is 104 Å². The van der Waals surface area contributed by atoms with E-state index < -0.39 is 0 Å². The van der Waals surface area contributed by atoms with Crippen molar-refractivity contribution in [2.24, 2.45) is 7.05 Å². The molecule has 0 bridgehead atoms. The van der Waals surface area contributed by atoms with Gasteiger partial charge in [0.25, 0.3) is 22.2 Å². The summed E-state index contributed by atoms with van der Waals surface area (Å²) in [6, 6.07) is 26.7. The van der Waals surface area contributed by atoms with Crippen LogP contribution in [0.3, 0.4) is 0 Å². The fraction of sp³-hybridized carbons (Fsp3) is 0.0244. The topological polar surface area (TPSA) is 108 Å². The number of hydrogen-bond acceptors (Lipinski definition) is 6. The molecular formula is C41H17N5O4. The lowest BCUT2D eigenvalue weighted by Gasteiger charge is -2.21. The first kappa shape index (κ1) is 25.1. The highest BCUT2D eigenvalue weighted by atomic mass is 16.2. The summed E-state index contributed by atoms with van der Waals surface area (Å²) in [4.78, 5) is 66.9. The Morgan fingerprint density at radius 1 is 0.400 bits per heavy atom. The smallest absolute Gasteiger partial charge is 0.264 e. The van der Waals surface area contributed by atoms with E-state index in [1.165, 1.54) is 11.6 Å². The van der Waals surface area contributed by atoms with Crippen LogP contribution in [0.2, 0.25) is 0 Å². The minimum Gasteiger partial charge on any atom is -0.277 e. The van der Waals surface area contributed by atoms with Crippen LogP contribution in [0, 0.1) is 0 Å². The summed E-state index contributed by atoms with van der Waals surface area (Å²) in [7, 11) is 1.52. The second-order valence-electron chi connectivity index (χ2n) is 13.6. The Kier molecular flexibility index (Phi) is 3.84. The zero-order valence-corrected chi connectivity index (χ0v) is 26.0. The third-order valence-electron chi connectivity index (χ3n) is 11.4. The van der Waals surface area contributed by atoms with Gasteiger partial charge in [0, 0.05) is 39.4 Å². The van der Waals surface area contributed by atoms with Gasteiger partial charge in [-0.15, -0.1) is 0 Å². The van der Waals surface area contributed by atoms with Gasteiger partial charge >= 0.3 is 0 Å². The van der Waals surface area contributed by atoms with Gasteiger partial charge in [-0.25, -0.2) is 9.97 Å². The van der Waals surface area contributed by atoms with Crippen LogP contribution >= 0.6 is 0 Å². The van der Waals surface area contributed by atoms with E-state index in [-0.39, 0.29) is 22.2 Å². The second kappa shape index (κ2) is 7.66. The third kappa shape index (κ3) is 2.41. The Balaban J connectivity index is 1.43. The number of pyridine rings is 2. The first-order valence-corrected chi connectivity index (χ1v) is 16.3. The van der Waals surface area contributed by atoms with Crippen LogP contribution < -0.4 is 22.2 Å². The number of rotatable bonds is 0. The Bertz CT molecular complexity index is 3730. The zero-order chi connectivity index (χ0) is 33.1. The lowest BCUT2D eigenvalue weighted by Crippen LogP contribution is -2.21. The maximum Gasteiger partial charge on any atom is 0.264 e. The fourth-order valence-electron chi connectivity index (χ4n) is 9.41. The van der Waals surface area contributed by atoms with Gasteiger partial charge in [-0.3, -0.25) is 32.5 Å².